The highest BCUT2D eigenvalue weighted by atomic mass is 32.1. The van der Waals surface area contributed by atoms with Crippen LogP contribution in [0.1, 0.15) is 48.4 Å². The molecule has 1 N–H and O–H groups in total. The zero-order valence-corrected chi connectivity index (χ0v) is 13.0. The van der Waals surface area contributed by atoms with Crippen LogP contribution in [0.5, 0.6) is 0 Å². The van der Waals surface area contributed by atoms with Crippen molar-refractivity contribution in [2.75, 3.05) is 6.54 Å². The molecule has 0 amide bonds. The summed E-state index contributed by atoms with van der Waals surface area (Å²) < 4.78 is 5.83. The zero-order chi connectivity index (χ0) is 14.1. The van der Waals surface area contributed by atoms with Gasteiger partial charge in [0, 0.05) is 17.3 Å². The van der Waals surface area contributed by atoms with Crippen LogP contribution in [0.3, 0.4) is 0 Å². The summed E-state index contributed by atoms with van der Waals surface area (Å²) in [7, 11) is 0. The van der Waals surface area contributed by atoms with E-state index < -0.39 is 0 Å². The number of nitrogens with one attached hydrogen (secondary N) is 1. The molecule has 0 atom stereocenters. The second-order valence-corrected chi connectivity index (χ2v) is 7.24. The quantitative estimate of drug-likeness (QED) is 0.831. The minimum Gasteiger partial charge on any atom is -0.420 e. The summed E-state index contributed by atoms with van der Waals surface area (Å²) in [6.45, 7) is 1.05. The molecular weight excluding hydrogens is 282 g/mol. The van der Waals surface area contributed by atoms with E-state index in [9.17, 15) is 0 Å². The average Bonchev–Trinajstić information content (AvgIpc) is 3.04. The molecule has 5 heteroatoms. The molecule has 1 saturated carbocycles. The summed E-state index contributed by atoms with van der Waals surface area (Å²) >= 11 is 1.83. The Morgan fingerprint density at radius 3 is 3.00 bits per heavy atom. The Morgan fingerprint density at radius 2 is 2.14 bits per heavy atom. The summed E-state index contributed by atoms with van der Waals surface area (Å²) in [5, 5.41) is 11.9. The summed E-state index contributed by atoms with van der Waals surface area (Å²) in [5.74, 6) is 1.48. The van der Waals surface area contributed by atoms with Crippen molar-refractivity contribution in [2.24, 2.45) is 0 Å². The van der Waals surface area contributed by atoms with Crippen LogP contribution in [0.4, 0.5) is 0 Å². The van der Waals surface area contributed by atoms with Crippen molar-refractivity contribution >= 4 is 11.3 Å². The van der Waals surface area contributed by atoms with E-state index in [1.807, 2.05) is 11.3 Å². The first-order chi connectivity index (χ1) is 10.4. The lowest BCUT2D eigenvalue weighted by Crippen LogP contribution is -2.17. The monoisotopic (exact) mass is 303 g/mol. The average molecular weight is 303 g/mol. The summed E-state index contributed by atoms with van der Waals surface area (Å²) in [4.78, 5) is 2.67. The van der Waals surface area contributed by atoms with Gasteiger partial charge in [-0.1, -0.05) is 0 Å². The molecule has 2 aliphatic carbocycles. The highest BCUT2D eigenvalue weighted by Crippen LogP contribution is 2.35. The Labute approximate surface area is 129 Å². The maximum Gasteiger partial charge on any atom is 0.257 e. The fourth-order valence-electron chi connectivity index (χ4n) is 2.88. The number of nitrogens with zero attached hydrogens (tertiary/aromatic N) is 2. The molecule has 2 aromatic heterocycles. The topological polar surface area (TPSA) is 51.0 Å². The molecule has 0 saturated heterocycles. The normalized spacial score (nSPS) is 17.9. The van der Waals surface area contributed by atoms with Gasteiger partial charge < -0.3 is 9.73 Å². The molecule has 2 aromatic rings. The van der Waals surface area contributed by atoms with Crippen LogP contribution in [0, 0.1) is 0 Å². The van der Waals surface area contributed by atoms with Gasteiger partial charge in [0.15, 0.2) is 0 Å². The van der Waals surface area contributed by atoms with Gasteiger partial charge in [-0.15, -0.1) is 21.5 Å². The van der Waals surface area contributed by atoms with E-state index >= 15 is 0 Å². The first-order valence-electron chi connectivity index (χ1n) is 8.06. The molecule has 0 radical (unpaired) electrons. The number of fused-ring (bicyclic) bond motifs is 1. The van der Waals surface area contributed by atoms with E-state index in [4.69, 9.17) is 4.42 Å². The molecule has 1 fully saturated rings. The lowest BCUT2D eigenvalue weighted by molar-refractivity contribution is 0.491. The van der Waals surface area contributed by atoms with Crippen LogP contribution >= 0.6 is 11.3 Å². The minimum atomic E-state index is 0.708. The lowest BCUT2D eigenvalue weighted by atomic mass is 9.99. The van der Waals surface area contributed by atoms with Gasteiger partial charge in [-0.25, -0.2) is 0 Å². The number of aromatic nitrogens is 2. The number of hydrogen-bond acceptors (Lipinski definition) is 5. The SMILES string of the molecule is c1c(-c2nnc(CCCNC3CC3)o2)sc2c1CCCC2. The fourth-order valence-corrected chi connectivity index (χ4v) is 4.06. The van der Waals surface area contributed by atoms with Crippen LogP contribution < -0.4 is 5.32 Å². The molecule has 0 aromatic carbocycles. The van der Waals surface area contributed by atoms with Gasteiger partial charge in [-0.3, -0.25) is 0 Å². The molecule has 4 rings (SSSR count). The van der Waals surface area contributed by atoms with E-state index in [0.717, 1.165) is 36.2 Å². The summed E-state index contributed by atoms with van der Waals surface area (Å²) in [5.41, 5.74) is 1.50. The molecular formula is C16H21N3OS. The first kappa shape index (κ1) is 13.5. The van der Waals surface area contributed by atoms with Gasteiger partial charge in [0.1, 0.15) is 0 Å². The second-order valence-electron chi connectivity index (χ2n) is 6.10. The molecule has 2 aliphatic rings. The molecule has 0 unspecified atom stereocenters. The van der Waals surface area contributed by atoms with Gasteiger partial charge in [0.05, 0.1) is 4.88 Å². The summed E-state index contributed by atoms with van der Waals surface area (Å²) in [6, 6.07) is 3.03. The van der Waals surface area contributed by atoms with Gasteiger partial charge >= 0.3 is 0 Å². The Kier molecular flexibility index (Phi) is 3.78. The highest BCUT2D eigenvalue weighted by Gasteiger charge is 2.20. The van der Waals surface area contributed by atoms with Crippen LogP contribution in [0.25, 0.3) is 10.8 Å². The van der Waals surface area contributed by atoms with Gasteiger partial charge in [0.2, 0.25) is 5.89 Å². The fraction of sp³-hybridized carbons (Fsp3) is 0.625. The molecule has 0 spiro atoms. The maximum absolute atomic E-state index is 5.83. The van der Waals surface area contributed by atoms with Crippen molar-refractivity contribution in [1.29, 1.82) is 0 Å². The highest BCUT2D eigenvalue weighted by molar-refractivity contribution is 7.15. The van der Waals surface area contributed by atoms with Crippen molar-refractivity contribution in [3.63, 3.8) is 0 Å². The largest absolute Gasteiger partial charge is 0.420 e. The van der Waals surface area contributed by atoms with Crippen molar-refractivity contribution in [2.45, 2.75) is 57.4 Å². The molecule has 0 aliphatic heterocycles. The molecule has 0 bridgehead atoms. The van der Waals surface area contributed by atoms with E-state index in [1.165, 1.54) is 49.0 Å². The predicted octanol–water partition coefficient (Wildman–Crippen LogP) is 3.36. The third kappa shape index (κ3) is 3.19. The van der Waals surface area contributed by atoms with E-state index in [1.54, 1.807) is 0 Å². The molecule has 4 nitrogen and oxygen atoms in total. The maximum atomic E-state index is 5.83. The Bertz CT molecular complexity index is 591. The van der Waals surface area contributed by atoms with E-state index in [2.05, 4.69) is 21.6 Å². The van der Waals surface area contributed by atoms with E-state index in [0.29, 0.717) is 5.89 Å². The van der Waals surface area contributed by atoms with Crippen molar-refractivity contribution in [3.05, 3.63) is 22.4 Å². The van der Waals surface area contributed by atoms with E-state index in [-0.39, 0.29) is 0 Å². The number of rotatable bonds is 6. The minimum absolute atomic E-state index is 0.708. The van der Waals surface area contributed by atoms with Gasteiger partial charge in [-0.2, -0.15) is 0 Å². The van der Waals surface area contributed by atoms with Crippen LogP contribution in [0.2, 0.25) is 0 Å². The second kappa shape index (κ2) is 5.89. The number of thiophene rings is 1. The van der Waals surface area contributed by atoms with Gasteiger partial charge in [0.25, 0.3) is 5.89 Å². The Morgan fingerprint density at radius 1 is 1.24 bits per heavy atom. The Balaban J connectivity index is 1.37. The number of hydrogen-bond donors (Lipinski definition) is 1. The third-order valence-corrected chi connectivity index (χ3v) is 5.48. The van der Waals surface area contributed by atoms with Crippen molar-refractivity contribution < 1.29 is 4.42 Å². The molecule has 112 valence electrons. The standard InChI is InChI=1S/C16H21N3OS/c1-2-5-13-11(4-1)10-14(21-13)16-19-18-15(20-16)6-3-9-17-12-7-8-12/h10,12,17H,1-9H2. The van der Waals surface area contributed by atoms with Crippen molar-refractivity contribution in [3.8, 4) is 10.8 Å². The third-order valence-electron chi connectivity index (χ3n) is 4.25. The predicted molar refractivity (Wildman–Crippen MR) is 83.6 cm³/mol. The molecule has 2 heterocycles. The first-order valence-corrected chi connectivity index (χ1v) is 8.88. The van der Waals surface area contributed by atoms with Crippen LogP contribution in [-0.4, -0.2) is 22.8 Å². The lowest BCUT2D eigenvalue weighted by Gasteiger charge is -2.08. The van der Waals surface area contributed by atoms with Gasteiger partial charge in [-0.05, 0) is 63.1 Å². The van der Waals surface area contributed by atoms with Crippen LogP contribution in [0.15, 0.2) is 10.5 Å². The smallest absolute Gasteiger partial charge is 0.257 e. The summed E-state index contributed by atoms with van der Waals surface area (Å²) in [6.07, 6.45) is 9.67. The number of aryl methyl sites for hydroxylation is 3. The molecule has 21 heavy (non-hydrogen) atoms. The van der Waals surface area contributed by atoms with Crippen molar-refractivity contribution in [1.82, 2.24) is 15.5 Å². The Hall–Kier alpha value is -1.20. The van der Waals surface area contributed by atoms with Crippen LogP contribution in [-0.2, 0) is 19.3 Å². The zero-order valence-electron chi connectivity index (χ0n) is 12.2.